The number of carbonyl (C=O) groups is 1. The van der Waals surface area contributed by atoms with Crippen molar-refractivity contribution in [3.8, 4) is 0 Å². The predicted molar refractivity (Wildman–Crippen MR) is 69.2 cm³/mol. The zero-order chi connectivity index (χ0) is 13.2. The molecular formula is C12H17N3O3S. The van der Waals surface area contributed by atoms with E-state index in [2.05, 4.69) is 9.59 Å². The van der Waals surface area contributed by atoms with Gasteiger partial charge in [0.05, 0.1) is 25.0 Å². The van der Waals surface area contributed by atoms with Crippen molar-refractivity contribution >= 4 is 17.4 Å². The Morgan fingerprint density at radius 1 is 1.58 bits per heavy atom. The van der Waals surface area contributed by atoms with E-state index in [1.807, 2.05) is 6.92 Å². The molecule has 1 aromatic rings. The number of aryl methyl sites for hydroxylation is 1. The summed E-state index contributed by atoms with van der Waals surface area (Å²) in [5.41, 5.74) is 0.711. The zero-order valence-electron chi connectivity index (χ0n) is 10.9. The number of hydrogen-bond acceptors (Lipinski definition) is 6. The highest BCUT2D eigenvalue weighted by atomic mass is 32.1. The Morgan fingerprint density at radius 3 is 3.05 bits per heavy atom. The molecule has 1 aromatic heterocycles. The minimum Gasteiger partial charge on any atom is -0.381 e. The predicted octanol–water partition coefficient (Wildman–Crippen LogP) is 0.724. The number of amides is 1. The van der Waals surface area contributed by atoms with Crippen LogP contribution in [0.25, 0.3) is 0 Å². The van der Waals surface area contributed by atoms with Gasteiger partial charge in [0, 0.05) is 25.6 Å². The van der Waals surface area contributed by atoms with Crippen molar-refractivity contribution in [2.24, 2.45) is 5.92 Å². The second kappa shape index (κ2) is 5.52. The molecule has 0 N–H and O–H groups in total. The summed E-state index contributed by atoms with van der Waals surface area (Å²) in [6.45, 7) is 5.55. The first-order chi connectivity index (χ1) is 9.24. The van der Waals surface area contributed by atoms with Crippen molar-refractivity contribution in [2.45, 2.75) is 19.4 Å². The summed E-state index contributed by atoms with van der Waals surface area (Å²) in [6.07, 6.45) is 1.26. The SMILES string of the molecule is Cc1nnsc1C(=O)N1CC(OCC2CCOC2)C1. The number of likely N-dealkylation sites (tertiary alicyclic amines) is 1. The smallest absolute Gasteiger partial charge is 0.267 e. The lowest BCUT2D eigenvalue weighted by Gasteiger charge is -2.39. The molecule has 0 aliphatic carbocycles. The van der Waals surface area contributed by atoms with Gasteiger partial charge in [0.25, 0.3) is 5.91 Å². The third-order valence-corrected chi connectivity index (χ3v) is 4.39. The van der Waals surface area contributed by atoms with Crippen molar-refractivity contribution < 1.29 is 14.3 Å². The lowest BCUT2D eigenvalue weighted by Crippen LogP contribution is -2.55. The largest absolute Gasteiger partial charge is 0.381 e. The van der Waals surface area contributed by atoms with E-state index >= 15 is 0 Å². The topological polar surface area (TPSA) is 64.6 Å². The fraction of sp³-hybridized carbons (Fsp3) is 0.750. The van der Waals surface area contributed by atoms with Gasteiger partial charge in [0.1, 0.15) is 4.88 Å². The van der Waals surface area contributed by atoms with Gasteiger partial charge in [-0.3, -0.25) is 4.79 Å². The zero-order valence-corrected chi connectivity index (χ0v) is 11.7. The van der Waals surface area contributed by atoms with Crippen LogP contribution in [0.15, 0.2) is 0 Å². The van der Waals surface area contributed by atoms with Gasteiger partial charge >= 0.3 is 0 Å². The Morgan fingerprint density at radius 2 is 2.42 bits per heavy atom. The molecule has 2 fully saturated rings. The van der Waals surface area contributed by atoms with Gasteiger partial charge in [-0.25, -0.2) is 0 Å². The molecule has 1 amide bonds. The summed E-state index contributed by atoms with van der Waals surface area (Å²) in [7, 11) is 0. The fourth-order valence-corrected chi connectivity index (χ4v) is 2.89. The molecule has 1 unspecified atom stereocenters. The summed E-state index contributed by atoms with van der Waals surface area (Å²) < 4.78 is 14.9. The quantitative estimate of drug-likeness (QED) is 0.815. The van der Waals surface area contributed by atoms with Gasteiger partial charge < -0.3 is 14.4 Å². The monoisotopic (exact) mass is 283 g/mol. The van der Waals surface area contributed by atoms with Gasteiger partial charge in [-0.1, -0.05) is 4.49 Å². The van der Waals surface area contributed by atoms with Crippen molar-refractivity contribution in [1.82, 2.24) is 14.5 Å². The molecule has 3 rings (SSSR count). The normalized spacial score (nSPS) is 23.6. The first-order valence-corrected chi connectivity index (χ1v) is 7.29. The van der Waals surface area contributed by atoms with E-state index in [4.69, 9.17) is 9.47 Å². The molecule has 0 radical (unpaired) electrons. The molecule has 19 heavy (non-hydrogen) atoms. The summed E-state index contributed by atoms with van der Waals surface area (Å²) in [6, 6.07) is 0. The highest BCUT2D eigenvalue weighted by molar-refractivity contribution is 7.07. The van der Waals surface area contributed by atoms with Crippen molar-refractivity contribution in [3.05, 3.63) is 10.6 Å². The van der Waals surface area contributed by atoms with E-state index in [9.17, 15) is 4.79 Å². The van der Waals surface area contributed by atoms with Crippen LogP contribution in [0.2, 0.25) is 0 Å². The Kier molecular flexibility index (Phi) is 3.76. The molecule has 2 aliphatic heterocycles. The van der Waals surface area contributed by atoms with Crippen LogP contribution < -0.4 is 0 Å². The van der Waals surface area contributed by atoms with E-state index in [1.54, 1.807) is 4.90 Å². The van der Waals surface area contributed by atoms with Gasteiger partial charge in [-0.15, -0.1) is 5.10 Å². The Labute approximate surface area is 115 Å². The average molecular weight is 283 g/mol. The maximum atomic E-state index is 12.1. The minimum atomic E-state index is 0.0246. The van der Waals surface area contributed by atoms with Crippen LogP contribution in [0.1, 0.15) is 21.8 Å². The molecule has 0 bridgehead atoms. The molecular weight excluding hydrogens is 266 g/mol. The number of nitrogens with zero attached hydrogens (tertiary/aromatic N) is 3. The summed E-state index contributed by atoms with van der Waals surface area (Å²) in [4.78, 5) is 14.5. The summed E-state index contributed by atoms with van der Waals surface area (Å²) >= 11 is 1.16. The van der Waals surface area contributed by atoms with Crippen LogP contribution in [-0.4, -0.2) is 59.4 Å². The lowest BCUT2D eigenvalue weighted by atomic mass is 10.1. The first kappa shape index (κ1) is 13.0. The number of rotatable bonds is 4. The van der Waals surface area contributed by atoms with Gasteiger partial charge in [-0.2, -0.15) is 0 Å². The molecule has 0 aromatic carbocycles. The number of aromatic nitrogens is 2. The van der Waals surface area contributed by atoms with Gasteiger partial charge in [-0.05, 0) is 24.9 Å². The molecule has 2 aliphatic rings. The molecule has 0 spiro atoms. The maximum absolute atomic E-state index is 12.1. The Bertz CT molecular complexity index is 453. The minimum absolute atomic E-state index is 0.0246. The van der Waals surface area contributed by atoms with Crippen LogP contribution in [0.4, 0.5) is 0 Å². The lowest BCUT2D eigenvalue weighted by molar-refractivity contribution is -0.0540. The molecule has 1 atom stereocenters. The van der Waals surface area contributed by atoms with E-state index in [-0.39, 0.29) is 12.0 Å². The van der Waals surface area contributed by atoms with Crippen LogP contribution in [0.5, 0.6) is 0 Å². The van der Waals surface area contributed by atoms with E-state index in [0.29, 0.717) is 29.6 Å². The number of ether oxygens (including phenoxy) is 2. The molecule has 6 nitrogen and oxygen atoms in total. The Balaban J connectivity index is 1.42. The number of hydrogen-bond donors (Lipinski definition) is 0. The third kappa shape index (κ3) is 2.77. The maximum Gasteiger partial charge on any atom is 0.267 e. The number of carbonyl (C=O) groups excluding carboxylic acids is 1. The van der Waals surface area contributed by atoms with E-state index < -0.39 is 0 Å². The van der Waals surface area contributed by atoms with E-state index in [0.717, 1.165) is 37.8 Å². The molecule has 3 heterocycles. The van der Waals surface area contributed by atoms with Gasteiger partial charge in [0.15, 0.2) is 0 Å². The second-order valence-corrected chi connectivity index (χ2v) is 5.84. The van der Waals surface area contributed by atoms with Crippen LogP contribution in [0.3, 0.4) is 0 Å². The molecule has 7 heteroatoms. The standard InChI is InChI=1S/C12H17N3O3S/c1-8-11(19-14-13-8)12(16)15-4-10(5-15)18-7-9-2-3-17-6-9/h9-10H,2-7H2,1H3. The third-order valence-electron chi connectivity index (χ3n) is 3.57. The molecule has 2 saturated heterocycles. The highest BCUT2D eigenvalue weighted by Crippen LogP contribution is 2.21. The molecule has 104 valence electrons. The van der Waals surface area contributed by atoms with Gasteiger partial charge in [0.2, 0.25) is 0 Å². The van der Waals surface area contributed by atoms with Crippen LogP contribution >= 0.6 is 11.5 Å². The van der Waals surface area contributed by atoms with E-state index in [1.165, 1.54) is 0 Å². The van der Waals surface area contributed by atoms with Crippen molar-refractivity contribution in [2.75, 3.05) is 32.9 Å². The summed E-state index contributed by atoms with van der Waals surface area (Å²) in [5, 5.41) is 3.86. The van der Waals surface area contributed by atoms with Crippen molar-refractivity contribution in [3.63, 3.8) is 0 Å². The first-order valence-electron chi connectivity index (χ1n) is 6.51. The Hall–Kier alpha value is -1.05. The average Bonchev–Trinajstić information content (AvgIpc) is 2.97. The van der Waals surface area contributed by atoms with Crippen molar-refractivity contribution in [1.29, 1.82) is 0 Å². The second-order valence-electron chi connectivity index (χ2n) is 5.08. The summed E-state index contributed by atoms with van der Waals surface area (Å²) in [5.74, 6) is 0.550. The van der Waals surface area contributed by atoms with Crippen LogP contribution in [0, 0.1) is 12.8 Å². The fourth-order valence-electron chi connectivity index (χ4n) is 2.27. The highest BCUT2D eigenvalue weighted by Gasteiger charge is 2.34. The molecule has 0 saturated carbocycles. The van der Waals surface area contributed by atoms with Crippen LogP contribution in [-0.2, 0) is 9.47 Å².